The molecule has 0 spiro atoms. The number of nitrogens with one attached hydrogen (secondary N) is 1. The molecule has 132 valence electrons. The SMILES string of the molecule is C[NH+](C)CCCN1C(=O)C(O)=C(C(=O)c2cccs2)[C@@H]1c1cccs1. The largest absolute Gasteiger partial charge is 0.503 e. The van der Waals surface area contributed by atoms with Gasteiger partial charge in [-0.25, -0.2) is 0 Å². The quantitative estimate of drug-likeness (QED) is 0.725. The highest BCUT2D eigenvalue weighted by atomic mass is 32.1. The van der Waals surface area contributed by atoms with Crippen molar-refractivity contribution in [1.82, 2.24) is 4.90 Å². The standard InChI is InChI=1S/C18H20N2O3S2/c1-19(2)8-5-9-20-15(12-6-3-10-24-12)14(17(22)18(20)23)16(21)13-7-4-11-25-13/h3-4,6-7,10-11,15,22H,5,8-9H2,1-2H3/p+1/t15-/m0/s1. The lowest BCUT2D eigenvalue weighted by molar-refractivity contribution is -0.858. The highest BCUT2D eigenvalue weighted by Crippen LogP contribution is 2.41. The number of amides is 1. The molecule has 5 nitrogen and oxygen atoms in total. The molecule has 2 aromatic heterocycles. The second-order valence-electron chi connectivity index (χ2n) is 6.30. The van der Waals surface area contributed by atoms with E-state index in [-0.39, 0.29) is 11.4 Å². The van der Waals surface area contributed by atoms with Gasteiger partial charge in [0.25, 0.3) is 5.91 Å². The average Bonchev–Trinajstić information content (AvgIpc) is 3.31. The molecule has 1 aliphatic heterocycles. The molecule has 0 saturated heterocycles. The first kappa shape index (κ1) is 17.8. The summed E-state index contributed by atoms with van der Waals surface area (Å²) in [6.45, 7) is 1.42. The van der Waals surface area contributed by atoms with E-state index in [1.54, 1.807) is 17.0 Å². The zero-order valence-corrected chi connectivity index (χ0v) is 15.8. The zero-order valence-electron chi connectivity index (χ0n) is 14.2. The number of nitrogens with zero attached hydrogens (tertiary/aromatic N) is 1. The van der Waals surface area contributed by atoms with Gasteiger partial charge in [-0.05, 0) is 22.9 Å². The predicted octanol–water partition coefficient (Wildman–Crippen LogP) is 1.92. The van der Waals surface area contributed by atoms with Crippen molar-refractivity contribution in [3.63, 3.8) is 0 Å². The van der Waals surface area contributed by atoms with Crippen LogP contribution in [0.3, 0.4) is 0 Å². The third-order valence-electron chi connectivity index (χ3n) is 4.18. The van der Waals surface area contributed by atoms with Gasteiger partial charge in [0.2, 0.25) is 5.78 Å². The summed E-state index contributed by atoms with van der Waals surface area (Å²) in [5.41, 5.74) is 0.201. The number of ketones is 1. The van der Waals surface area contributed by atoms with Crippen molar-refractivity contribution in [3.05, 3.63) is 56.1 Å². The van der Waals surface area contributed by atoms with Crippen LogP contribution in [0.2, 0.25) is 0 Å². The van der Waals surface area contributed by atoms with Crippen LogP contribution in [-0.4, -0.2) is 48.9 Å². The fourth-order valence-electron chi connectivity index (χ4n) is 3.00. The Morgan fingerprint density at radius 1 is 1.24 bits per heavy atom. The van der Waals surface area contributed by atoms with Crippen molar-refractivity contribution in [3.8, 4) is 0 Å². The van der Waals surface area contributed by atoms with Crippen molar-refractivity contribution in [2.45, 2.75) is 12.5 Å². The van der Waals surface area contributed by atoms with Gasteiger partial charge in [-0.3, -0.25) is 9.59 Å². The molecule has 3 rings (SSSR count). The number of aliphatic hydroxyl groups is 1. The fourth-order valence-corrected chi connectivity index (χ4v) is 4.53. The molecule has 0 bridgehead atoms. The minimum Gasteiger partial charge on any atom is -0.503 e. The average molecular weight is 378 g/mol. The van der Waals surface area contributed by atoms with E-state index in [1.807, 2.05) is 22.9 Å². The van der Waals surface area contributed by atoms with Crippen molar-refractivity contribution >= 4 is 34.4 Å². The zero-order chi connectivity index (χ0) is 18.0. The molecule has 1 aliphatic rings. The number of thiophene rings is 2. The number of carbonyl (C=O) groups is 2. The Labute approximate surface area is 154 Å². The lowest BCUT2D eigenvalue weighted by Gasteiger charge is -2.25. The summed E-state index contributed by atoms with van der Waals surface area (Å²) < 4.78 is 0. The molecule has 7 heteroatoms. The third kappa shape index (κ3) is 3.53. The molecule has 2 N–H and O–H groups in total. The van der Waals surface area contributed by atoms with Gasteiger partial charge >= 0.3 is 0 Å². The molecule has 1 atom stereocenters. The fraction of sp³-hybridized carbons (Fsp3) is 0.333. The number of aliphatic hydroxyl groups excluding tert-OH is 1. The van der Waals surface area contributed by atoms with Crippen LogP contribution < -0.4 is 4.90 Å². The number of hydrogen-bond acceptors (Lipinski definition) is 5. The summed E-state index contributed by atoms with van der Waals surface area (Å²) in [7, 11) is 4.12. The molecule has 3 heterocycles. The van der Waals surface area contributed by atoms with E-state index >= 15 is 0 Å². The molecular weight excluding hydrogens is 356 g/mol. The van der Waals surface area contributed by atoms with Crippen LogP contribution in [0.5, 0.6) is 0 Å². The van der Waals surface area contributed by atoms with E-state index in [0.717, 1.165) is 17.8 Å². The van der Waals surface area contributed by atoms with E-state index in [0.29, 0.717) is 11.4 Å². The molecule has 1 amide bonds. The van der Waals surface area contributed by atoms with Gasteiger partial charge in [-0.15, -0.1) is 22.7 Å². The molecule has 25 heavy (non-hydrogen) atoms. The first-order valence-electron chi connectivity index (χ1n) is 8.15. The maximum atomic E-state index is 12.9. The molecule has 0 aromatic carbocycles. The van der Waals surface area contributed by atoms with Crippen LogP contribution in [0.25, 0.3) is 0 Å². The van der Waals surface area contributed by atoms with Gasteiger partial charge in [0.05, 0.1) is 37.1 Å². The molecule has 0 aliphatic carbocycles. The predicted molar refractivity (Wildman–Crippen MR) is 99.4 cm³/mol. The van der Waals surface area contributed by atoms with Crippen LogP contribution in [-0.2, 0) is 4.79 Å². The van der Waals surface area contributed by atoms with Gasteiger partial charge < -0.3 is 14.9 Å². The van der Waals surface area contributed by atoms with Gasteiger partial charge in [-0.1, -0.05) is 12.1 Å². The number of rotatable bonds is 7. The molecule has 0 unspecified atom stereocenters. The maximum Gasteiger partial charge on any atom is 0.290 e. The van der Waals surface area contributed by atoms with Crippen molar-refractivity contribution in [2.24, 2.45) is 0 Å². The van der Waals surface area contributed by atoms with Crippen LogP contribution >= 0.6 is 22.7 Å². The summed E-state index contributed by atoms with van der Waals surface area (Å²) >= 11 is 2.81. The first-order valence-corrected chi connectivity index (χ1v) is 9.91. The van der Waals surface area contributed by atoms with Gasteiger partial charge in [0.1, 0.15) is 0 Å². The molecular formula is C18H21N2O3S2+. The van der Waals surface area contributed by atoms with Gasteiger partial charge in [0, 0.05) is 17.8 Å². The summed E-state index contributed by atoms with van der Waals surface area (Å²) in [6, 6.07) is 6.83. The summed E-state index contributed by atoms with van der Waals surface area (Å²) in [5.74, 6) is -1.12. The van der Waals surface area contributed by atoms with Crippen molar-refractivity contribution in [2.75, 3.05) is 27.2 Å². The van der Waals surface area contributed by atoms with Gasteiger partial charge in [-0.2, -0.15) is 0 Å². The van der Waals surface area contributed by atoms with Crippen LogP contribution in [0.15, 0.2) is 46.4 Å². The highest BCUT2D eigenvalue weighted by Gasteiger charge is 2.44. The Hall–Kier alpha value is -1.96. The van der Waals surface area contributed by atoms with E-state index in [2.05, 4.69) is 14.1 Å². The Morgan fingerprint density at radius 3 is 2.56 bits per heavy atom. The van der Waals surface area contributed by atoms with Crippen molar-refractivity contribution in [1.29, 1.82) is 0 Å². The van der Waals surface area contributed by atoms with E-state index in [9.17, 15) is 14.7 Å². The number of carbonyl (C=O) groups excluding carboxylic acids is 2. The van der Waals surface area contributed by atoms with Gasteiger partial charge in [0.15, 0.2) is 5.76 Å². The monoisotopic (exact) mass is 377 g/mol. The smallest absolute Gasteiger partial charge is 0.290 e. The number of quaternary nitrogens is 1. The Balaban J connectivity index is 1.94. The lowest BCUT2D eigenvalue weighted by atomic mass is 10.0. The Bertz CT molecular complexity index is 779. The topological polar surface area (TPSA) is 62.1 Å². The molecule has 0 fully saturated rings. The van der Waals surface area contributed by atoms with E-state index < -0.39 is 17.7 Å². The van der Waals surface area contributed by atoms with Crippen LogP contribution in [0, 0.1) is 0 Å². The van der Waals surface area contributed by atoms with Crippen molar-refractivity contribution < 1.29 is 19.6 Å². The molecule has 0 saturated carbocycles. The lowest BCUT2D eigenvalue weighted by Crippen LogP contribution is -3.05. The van der Waals surface area contributed by atoms with Crippen LogP contribution in [0.4, 0.5) is 0 Å². The second kappa shape index (κ2) is 7.51. The third-order valence-corrected chi connectivity index (χ3v) is 5.98. The first-order chi connectivity index (χ1) is 12.0. The van der Waals surface area contributed by atoms with Crippen LogP contribution in [0.1, 0.15) is 27.0 Å². The molecule has 2 aromatic rings. The second-order valence-corrected chi connectivity index (χ2v) is 8.22. The normalized spacial score (nSPS) is 17.8. The minimum absolute atomic E-state index is 0.201. The summed E-state index contributed by atoms with van der Waals surface area (Å²) in [6.07, 6.45) is 0.809. The molecule has 0 radical (unpaired) electrons. The Kier molecular flexibility index (Phi) is 5.36. The highest BCUT2D eigenvalue weighted by molar-refractivity contribution is 7.12. The number of hydrogen-bond donors (Lipinski definition) is 2. The minimum atomic E-state index is -0.501. The summed E-state index contributed by atoms with van der Waals surface area (Å²) in [5, 5.41) is 14.2. The van der Waals surface area contributed by atoms with E-state index in [4.69, 9.17) is 0 Å². The Morgan fingerprint density at radius 2 is 1.96 bits per heavy atom. The van der Waals surface area contributed by atoms with E-state index in [1.165, 1.54) is 27.6 Å². The summed E-state index contributed by atoms with van der Waals surface area (Å²) in [4.78, 5) is 29.9. The maximum absolute atomic E-state index is 12.9. The number of Topliss-reactive ketones (excluding diaryl/α,β-unsaturated/α-hetero) is 1.